The summed E-state index contributed by atoms with van der Waals surface area (Å²) >= 11 is 1.62. The molecule has 0 radical (unpaired) electrons. The minimum Gasteiger partial charge on any atom is -0.465 e. The van der Waals surface area contributed by atoms with Crippen molar-refractivity contribution in [1.29, 1.82) is 0 Å². The first kappa shape index (κ1) is 32.0. The molecule has 0 aliphatic carbocycles. The number of carboxylic acid groups (broad SMARTS) is 1. The van der Waals surface area contributed by atoms with Crippen molar-refractivity contribution in [3.8, 4) is 10.6 Å². The van der Waals surface area contributed by atoms with Gasteiger partial charge in [0.2, 0.25) is 0 Å². The van der Waals surface area contributed by atoms with Crippen molar-refractivity contribution < 1.29 is 14.3 Å². The molecule has 0 fully saturated rings. The van der Waals surface area contributed by atoms with Gasteiger partial charge in [-0.3, -0.25) is 4.90 Å². The van der Waals surface area contributed by atoms with E-state index in [4.69, 9.17) is 10.2 Å². The quantitative estimate of drug-likeness (QED) is 0.225. The lowest BCUT2D eigenvalue weighted by atomic mass is 9.90. The monoisotopic (exact) mass is 581 g/mol. The van der Waals surface area contributed by atoms with Crippen LogP contribution in [0, 0.1) is 0 Å². The first-order chi connectivity index (χ1) is 18.6. The van der Waals surface area contributed by atoms with Crippen molar-refractivity contribution in [3.63, 3.8) is 0 Å². The Labute approximate surface area is 245 Å². The maximum absolute atomic E-state index is 12.8. The standard InChI is InChI=1S/C32H47N3O3SSi/c1-31(2,3)35(30(36)37)27(21-23-12-10-9-11-13-23)28(38-40(7,8)32(4,5)6)22-26(33)20-24-14-16-25(17-15-24)29-34-18-19-39-29/h9-19,26-28H,20-22,33H2,1-8H3,(H,36,37)/t26-,27-,28-/m0/s1. The van der Waals surface area contributed by atoms with Gasteiger partial charge in [0.25, 0.3) is 0 Å². The van der Waals surface area contributed by atoms with Crippen LogP contribution in [0.4, 0.5) is 4.79 Å². The third-order valence-corrected chi connectivity index (χ3v) is 13.2. The Morgan fingerprint density at radius 3 is 2.10 bits per heavy atom. The fourth-order valence-electron chi connectivity index (χ4n) is 4.84. The minimum absolute atomic E-state index is 0.0336. The lowest BCUT2D eigenvalue weighted by Gasteiger charge is -2.47. The molecular weight excluding hydrogens is 535 g/mol. The van der Waals surface area contributed by atoms with Crippen molar-refractivity contribution in [2.75, 3.05) is 0 Å². The summed E-state index contributed by atoms with van der Waals surface area (Å²) in [6.07, 6.45) is 2.30. The molecule has 6 nitrogen and oxygen atoms in total. The van der Waals surface area contributed by atoms with Crippen molar-refractivity contribution in [1.82, 2.24) is 9.88 Å². The van der Waals surface area contributed by atoms with Crippen LogP contribution in [0.1, 0.15) is 59.1 Å². The zero-order chi connectivity index (χ0) is 29.7. The van der Waals surface area contributed by atoms with E-state index < -0.39 is 26.0 Å². The molecule has 8 heteroatoms. The van der Waals surface area contributed by atoms with Gasteiger partial charge in [-0.2, -0.15) is 0 Å². The number of benzene rings is 2. The molecule has 1 aromatic heterocycles. The van der Waals surface area contributed by atoms with E-state index in [-0.39, 0.29) is 17.2 Å². The molecule has 1 heterocycles. The third kappa shape index (κ3) is 8.49. The fourth-order valence-corrected chi connectivity index (χ4v) is 6.85. The predicted molar refractivity (Wildman–Crippen MR) is 169 cm³/mol. The maximum Gasteiger partial charge on any atom is 0.408 e. The number of hydrogen-bond acceptors (Lipinski definition) is 5. The summed E-state index contributed by atoms with van der Waals surface area (Å²) in [5.74, 6) is 0. The second kappa shape index (κ2) is 13.0. The van der Waals surface area contributed by atoms with Crippen LogP contribution >= 0.6 is 11.3 Å². The fraction of sp³-hybridized carbons (Fsp3) is 0.500. The molecule has 40 heavy (non-hydrogen) atoms. The zero-order valence-corrected chi connectivity index (χ0v) is 27.2. The molecule has 0 aliphatic heterocycles. The predicted octanol–water partition coefficient (Wildman–Crippen LogP) is 7.85. The molecule has 0 aliphatic rings. The van der Waals surface area contributed by atoms with Crippen LogP contribution in [0.3, 0.4) is 0 Å². The van der Waals surface area contributed by atoms with E-state index in [1.807, 2.05) is 50.5 Å². The number of amides is 1. The van der Waals surface area contributed by atoms with Crippen molar-refractivity contribution in [3.05, 3.63) is 77.3 Å². The molecule has 0 unspecified atom stereocenters. The van der Waals surface area contributed by atoms with Gasteiger partial charge in [-0.15, -0.1) is 11.3 Å². The van der Waals surface area contributed by atoms with Crippen LogP contribution in [0.25, 0.3) is 10.6 Å². The SMILES string of the molecule is CC(C)(C)N(C(=O)O)[C@@H](Cc1ccccc1)[C@H](C[C@@H](N)Cc1ccc(-c2nccs2)cc1)O[Si](C)(C)C(C)(C)C. The Morgan fingerprint density at radius 2 is 1.60 bits per heavy atom. The van der Waals surface area contributed by atoms with E-state index in [9.17, 15) is 9.90 Å². The van der Waals surface area contributed by atoms with Gasteiger partial charge < -0.3 is 15.3 Å². The Balaban J connectivity index is 1.95. The highest BCUT2D eigenvalue weighted by Crippen LogP contribution is 2.39. The summed E-state index contributed by atoms with van der Waals surface area (Å²) in [6, 6.07) is 17.9. The van der Waals surface area contributed by atoms with Gasteiger partial charge in [0.15, 0.2) is 8.32 Å². The zero-order valence-electron chi connectivity index (χ0n) is 25.3. The van der Waals surface area contributed by atoms with Crippen molar-refractivity contribution in [2.45, 2.75) is 103 Å². The first-order valence-electron chi connectivity index (χ1n) is 14.1. The Hall–Kier alpha value is -2.52. The number of carbonyl (C=O) groups is 1. The van der Waals surface area contributed by atoms with Gasteiger partial charge in [0.1, 0.15) is 5.01 Å². The molecule has 218 valence electrons. The largest absolute Gasteiger partial charge is 0.465 e. The average molecular weight is 582 g/mol. The van der Waals surface area contributed by atoms with Gasteiger partial charge in [0, 0.05) is 28.7 Å². The smallest absolute Gasteiger partial charge is 0.408 e. The van der Waals surface area contributed by atoms with Gasteiger partial charge in [-0.1, -0.05) is 75.4 Å². The number of hydrogen-bond donors (Lipinski definition) is 2. The number of nitrogens with zero attached hydrogens (tertiary/aromatic N) is 2. The summed E-state index contributed by atoms with van der Waals surface area (Å²) in [7, 11) is -2.27. The highest BCUT2D eigenvalue weighted by Gasteiger charge is 2.45. The molecule has 0 spiro atoms. The summed E-state index contributed by atoms with van der Waals surface area (Å²) < 4.78 is 7.09. The van der Waals surface area contributed by atoms with Gasteiger partial charge in [0.05, 0.1) is 12.1 Å². The Bertz CT molecular complexity index is 1200. The van der Waals surface area contributed by atoms with E-state index in [2.05, 4.69) is 75.2 Å². The number of thiazole rings is 1. The molecule has 3 rings (SSSR count). The van der Waals surface area contributed by atoms with E-state index in [1.54, 1.807) is 16.2 Å². The molecule has 0 bridgehead atoms. The average Bonchev–Trinajstić information content (AvgIpc) is 3.37. The molecule has 0 saturated heterocycles. The van der Waals surface area contributed by atoms with E-state index in [0.29, 0.717) is 19.3 Å². The number of aromatic nitrogens is 1. The molecule has 3 N–H and O–H groups in total. The van der Waals surface area contributed by atoms with E-state index in [1.165, 1.54) is 0 Å². The second-order valence-electron chi connectivity index (χ2n) is 13.2. The first-order valence-corrected chi connectivity index (χ1v) is 17.9. The summed E-state index contributed by atoms with van der Waals surface area (Å²) in [5, 5.41) is 13.4. The summed E-state index contributed by atoms with van der Waals surface area (Å²) in [6.45, 7) is 16.9. The van der Waals surface area contributed by atoms with Crippen LogP contribution in [0.15, 0.2) is 66.2 Å². The molecule has 3 aromatic rings. The number of rotatable bonds is 11. The second-order valence-corrected chi connectivity index (χ2v) is 18.9. The summed E-state index contributed by atoms with van der Waals surface area (Å²) in [5.41, 5.74) is 9.55. The molecule has 1 amide bonds. The highest BCUT2D eigenvalue weighted by atomic mass is 32.1. The third-order valence-electron chi connectivity index (χ3n) is 7.90. The highest BCUT2D eigenvalue weighted by molar-refractivity contribution is 7.13. The van der Waals surface area contributed by atoms with Crippen LogP contribution in [0.2, 0.25) is 18.1 Å². The molecule has 0 saturated carbocycles. The van der Waals surface area contributed by atoms with E-state index in [0.717, 1.165) is 21.7 Å². The van der Waals surface area contributed by atoms with Crippen molar-refractivity contribution in [2.24, 2.45) is 5.73 Å². The lowest BCUT2D eigenvalue weighted by molar-refractivity contribution is 0.00700. The van der Waals surface area contributed by atoms with Crippen LogP contribution < -0.4 is 5.73 Å². The van der Waals surface area contributed by atoms with Crippen molar-refractivity contribution >= 4 is 25.7 Å². The maximum atomic E-state index is 12.8. The van der Waals surface area contributed by atoms with Crippen LogP contribution in [-0.2, 0) is 17.3 Å². The topological polar surface area (TPSA) is 88.7 Å². The van der Waals surface area contributed by atoms with Gasteiger partial charge in [-0.05, 0) is 69.3 Å². The minimum atomic E-state index is -2.27. The Kier molecular flexibility index (Phi) is 10.4. The molecule has 2 aromatic carbocycles. The normalized spacial score (nSPS) is 14.9. The molecule has 3 atom stereocenters. The Morgan fingerprint density at radius 1 is 1.00 bits per heavy atom. The van der Waals surface area contributed by atoms with Crippen LogP contribution in [0.5, 0.6) is 0 Å². The van der Waals surface area contributed by atoms with E-state index >= 15 is 0 Å². The number of nitrogens with two attached hydrogens (primary N) is 1. The molecular formula is C32H47N3O3SSi. The van der Waals surface area contributed by atoms with Crippen LogP contribution in [-0.4, -0.2) is 53.1 Å². The van der Waals surface area contributed by atoms with Gasteiger partial charge >= 0.3 is 6.09 Å². The van der Waals surface area contributed by atoms with Gasteiger partial charge in [-0.25, -0.2) is 9.78 Å². The lowest BCUT2D eigenvalue weighted by Crippen LogP contribution is -2.60. The summed E-state index contributed by atoms with van der Waals surface area (Å²) in [4.78, 5) is 18.8.